The third-order valence-electron chi connectivity index (χ3n) is 4.61. The first kappa shape index (κ1) is 23.0. The molecular formula is C23H20Cl2N6OS. The zero-order chi connectivity index (χ0) is 23.0. The van der Waals surface area contributed by atoms with Crippen LogP contribution in [-0.2, 0) is 12.4 Å². The SMILES string of the molecule is Nn1c(N/N=C/c2ccccc2OCc2ccccc2Cl)nnc1SCc1ccccc1Cl. The van der Waals surface area contributed by atoms with Gasteiger partial charge in [-0.05, 0) is 29.8 Å². The van der Waals surface area contributed by atoms with Crippen molar-refractivity contribution in [1.29, 1.82) is 0 Å². The van der Waals surface area contributed by atoms with E-state index in [2.05, 4.69) is 20.7 Å². The van der Waals surface area contributed by atoms with E-state index in [0.29, 0.717) is 39.3 Å². The molecule has 4 rings (SSSR count). The molecule has 0 aliphatic carbocycles. The fourth-order valence-electron chi connectivity index (χ4n) is 2.86. The quantitative estimate of drug-likeness (QED) is 0.135. The normalized spacial score (nSPS) is 11.1. The largest absolute Gasteiger partial charge is 0.488 e. The average molecular weight is 499 g/mol. The summed E-state index contributed by atoms with van der Waals surface area (Å²) in [7, 11) is 0. The summed E-state index contributed by atoms with van der Waals surface area (Å²) in [5, 5.41) is 14.3. The van der Waals surface area contributed by atoms with Crippen molar-refractivity contribution in [3.63, 3.8) is 0 Å². The summed E-state index contributed by atoms with van der Waals surface area (Å²) in [6.07, 6.45) is 1.63. The minimum Gasteiger partial charge on any atom is -0.488 e. The van der Waals surface area contributed by atoms with E-state index in [1.54, 1.807) is 6.21 Å². The first-order valence-electron chi connectivity index (χ1n) is 9.93. The molecule has 0 atom stereocenters. The van der Waals surface area contributed by atoms with Gasteiger partial charge in [-0.3, -0.25) is 0 Å². The van der Waals surface area contributed by atoms with Crippen LogP contribution in [0.4, 0.5) is 5.95 Å². The van der Waals surface area contributed by atoms with E-state index in [1.165, 1.54) is 16.4 Å². The van der Waals surface area contributed by atoms with Crippen LogP contribution >= 0.6 is 35.0 Å². The molecule has 4 aromatic rings. The number of nitrogens with zero attached hydrogens (tertiary/aromatic N) is 4. The molecule has 0 radical (unpaired) electrons. The smallest absolute Gasteiger partial charge is 0.264 e. The molecule has 0 unspecified atom stereocenters. The zero-order valence-corrected chi connectivity index (χ0v) is 19.7. The second kappa shape index (κ2) is 11.1. The minimum absolute atomic E-state index is 0.308. The van der Waals surface area contributed by atoms with Crippen LogP contribution < -0.4 is 16.0 Å². The molecular weight excluding hydrogens is 479 g/mol. The summed E-state index contributed by atoms with van der Waals surface area (Å²) in [6.45, 7) is 0.348. The fraction of sp³-hybridized carbons (Fsp3) is 0.0870. The molecule has 0 saturated carbocycles. The molecule has 10 heteroatoms. The minimum atomic E-state index is 0.308. The highest BCUT2D eigenvalue weighted by atomic mass is 35.5. The molecule has 7 nitrogen and oxygen atoms in total. The maximum Gasteiger partial charge on any atom is 0.264 e. The van der Waals surface area contributed by atoms with Gasteiger partial charge in [-0.1, -0.05) is 83.5 Å². The Bertz CT molecular complexity index is 1260. The van der Waals surface area contributed by atoms with Gasteiger partial charge in [0.1, 0.15) is 12.4 Å². The van der Waals surface area contributed by atoms with Crippen molar-refractivity contribution < 1.29 is 4.74 Å². The average Bonchev–Trinajstić information content (AvgIpc) is 3.18. The van der Waals surface area contributed by atoms with Gasteiger partial charge >= 0.3 is 0 Å². The van der Waals surface area contributed by atoms with Crippen molar-refractivity contribution in [3.05, 3.63) is 99.5 Å². The molecule has 33 heavy (non-hydrogen) atoms. The lowest BCUT2D eigenvalue weighted by molar-refractivity contribution is 0.306. The van der Waals surface area contributed by atoms with Crippen molar-refractivity contribution in [3.8, 4) is 5.75 Å². The van der Waals surface area contributed by atoms with Crippen LogP contribution in [0.5, 0.6) is 5.75 Å². The number of aromatic nitrogens is 3. The van der Waals surface area contributed by atoms with Crippen molar-refractivity contribution in [2.45, 2.75) is 17.5 Å². The summed E-state index contributed by atoms with van der Waals surface area (Å²) in [5.41, 5.74) is 5.50. The maximum absolute atomic E-state index is 6.21. The van der Waals surface area contributed by atoms with Gasteiger partial charge in [0.05, 0.1) is 6.21 Å². The molecule has 0 fully saturated rings. The number of hydrogen-bond donors (Lipinski definition) is 2. The predicted molar refractivity (Wildman–Crippen MR) is 135 cm³/mol. The van der Waals surface area contributed by atoms with Gasteiger partial charge < -0.3 is 10.6 Å². The Labute approximate surface area is 205 Å². The number of ether oxygens (including phenoxy) is 1. The number of para-hydroxylation sites is 1. The monoisotopic (exact) mass is 498 g/mol. The van der Waals surface area contributed by atoms with Crippen LogP contribution in [0.2, 0.25) is 10.0 Å². The van der Waals surface area contributed by atoms with Crippen LogP contribution in [0.3, 0.4) is 0 Å². The number of hydrazone groups is 1. The van der Waals surface area contributed by atoms with Crippen molar-refractivity contribution in [2.75, 3.05) is 11.3 Å². The van der Waals surface area contributed by atoms with E-state index in [1.807, 2.05) is 72.8 Å². The Morgan fingerprint density at radius 3 is 2.36 bits per heavy atom. The highest BCUT2D eigenvalue weighted by molar-refractivity contribution is 7.98. The first-order chi connectivity index (χ1) is 16.1. The van der Waals surface area contributed by atoms with E-state index in [0.717, 1.165) is 16.7 Å². The Balaban J connectivity index is 1.38. The van der Waals surface area contributed by atoms with Crippen LogP contribution in [0, 0.1) is 0 Å². The number of thioether (sulfide) groups is 1. The van der Waals surface area contributed by atoms with Crippen LogP contribution in [-0.4, -0.2) is 21.1 Å². The lowest BCUT2D eigenvalue weighted by Gasteiger charge is -2.10. The third-order valence-corrected chi connectivity index (χ3v) is 6.34. The fourth-order valence-corrected chi connectivity index (χ4v) is 4.19. The Morgan fingerprint density at radius 1 is 0.939 bits per heavy atom. The van der Waals surface area contributed by atoms with E-state index in [-0.39, 0.29) is 0 Å². The molecule has 0 saturated heterocycles. The number of nitrogen functional groups attached to an aromatic ring is 1. The molecule has 0 amide bonds. The van der Waals surface area contributed by atoms with Crippen molar-refractivity contribution in [1.82, 2.24) is 14.9 Å². The molecule has 3 aromatic carbocycles. The zero-order valence-electron chi connectivity index (χ0n) is 17.4. The summed E-state index contributed by atoms with van der Waals surface area (Å²) in [5.74, 6) is 7.71. The summed E-state index contributed by atoms with van der Waals surface area (Å²) in [6, 6.07) is 22.8. The lowest BCUT2D eigenvalue weighted by atomic mass is 10.2. The Kier molecular flexibility index (Phi) is 7.72. The Hall–Kier alpha value is -3.20. The highest BCUT2D eigenvalue weighted by Crippen LogP contribution is 2.26. The molecule has 1 heterocycles. The van der Waals surface area contributed by atoms with Crippen molar-refractivity contribution >= 4 is 47.1 Å². The van der Waals surface area contributed by atoms with Gasteiger partial charge in [-0.2, -0.15) is 5.10 Å². The molecule has 0 bridgehead atoms. The van der Waals surface area contributed by atoms with E-state index >= 15 is 0 Å². The van der Waals surface area contributed by atoms with Gasteiger partial charge in [0.2, 0.25) is 5.16 Å². The Morgan fingerprint density at radius 2 is 1.61 bits per heavy atom. The van der Waals surface area contributed by atoms with Gasteiger partial charge in [-0.15, -0.1) is 10.2 Å². The van der Waals surface area contributed by atoms with Gasteiger partial charge in [0, 0.05) is 26.9 Å². The summed E-state index contributed by atoms with van der Waals surface area (Å²) in [4.78, 5) is 0. The van der Waals surface area contributed by atoms with E-state index in [9.17, 15) is 0 Å². The first-order valence-corrected chi connectivity index (χ1v) is 11.7. The number of nitrogens with one attached hydrogen (secondary N) is 1. The highest BCUT2D eigenvalue weighted by Gasteiger charge is 2.11. The second-order valence-electron chi connectivity index (χ2n) is 6.84. The van der Waals surface area contributed by atoms with Gasteiger partial charge in [-0.25, -0.2) is 10.1 Å². The lowest BCUT2D eigenvalue weighted by Crippen LogP contribution is -2.13. The number of nitrogens with two attached hydrogens (primary N) is 1. The number of benzene rings is 3. The molecule has 0 spiro atoms. The molecule has 168 valence electrons. The molecule has 3 N–H and O–H groups in total. The molecule has 0 aliphatic heterocycles. The van der Waals surface area contributed by atoms with Crippen molar-refractivity contribution in [2.24, 2.45) is 5.10 Å². The summed E-state index contributed by atoms with van der Waals surface area (Å²) < 4.78 is 7.29. The third kappa shape index (κ3) is 5.98. The standard InChI is InChI=1S/C23H20Cl2N6OS/c24-19-10-4-1-8-17(19)14-32-21-12-6-3-7-16(21)13-27-28-22-29-30-23(31(22)26)33-15-18-9-2-5-11-20(18)25/h1-13H,14-15,26H2,(H,28,29)/b27-13+. The predicted octanol–water partition coefficient (Wildman–Crippen LogP) is 5.62. The number of halogens is 2. The second-order valence-corrected chi connectivity index (χ2v) is 8.60. The van der Waals surface area contributed by atoms with Gasteiger partial charge in [0.15, 0.2) is 0 Å². The van der Waals surface area contributed by atoms with E-state index in [4.69, 9.17) is 33.8 Å². The molecule has 1 aromatic heterocycles. The number of anilines is 1. The number of hydrogen-bond acceptors (Lipinski definition) is 7. The number of rotatable bonds is 9. The van der Waals surface area contributed by atoms with Crippen LogP contribution in [0.25, 0.3) is 0 Å². The van der Waals surface area contributed by atoms with Crippen LogP contribution in [0.15, 0.2) is 83.1 Å². The summed E-state index contributed by atoms with van der Waals surface area (Å²) >= 11 is 13.8. The van der Waals surface area contributed by atoms with Gasteiger partial charge in [0.25, 0.3) is 5.95 Å². The topological polar surface area (TPSA) is 90.3 Å². The van der Waals surface area contributed by atoms with Crippen LogP contribution in [0.1, 0.15) is 16.7 Å². The molecule has 0 aliphatic rings. The van der Waals surface area contributed by atoms with E-state index < -0.39 is 0 Å². The maximum atomic E-state index is 6.21.